The quantitative estimate of drug-likeness (QED) is 0.497. The van der Waals surface area contributed by atoms with Crippen molar-refractivity contribution in [1.29, 1.82) is 0 Å². The van der Waals surface area contributed by atoms with Gasteiger partial charge in [-0.05, 0) is 50.1 Å². The Morgan fingerprint density at radius 1 is 1.19 bits per heavy atom. The molecule has 4 aromatic rings. The largest absolute Gasteiger partial charge is 0.339 e. The zero-order valence-corrected chi connectivity index (χ0v) is 17.8. The number of aromatic amines is 1. The van der Waals surface area contributed by atoms with Crippen LogP contribution in [-0.2, 0) is 4.79 Å². The van der Waals surface area contributed by atoms with E-state index < -0.39 is 0 Å². The molecule has 1 aromatic carbocycles. The van der Waals surface area contributed by atoms with E-state index in [0.717, 1.165) is 40.9 Å². The molecule has 3 aromatic heterocycles. The van der Waals surface area contributed by atoms with Crippen LogP contribution in [0.15, 0.2) is 53.5 Å². The molecule has 4 heterocycles. The lowest BCUT2D eigenvalue weighted by Gasteiger charge is -2.32. The number of halogens is 1. The maximum absolute atomic E-state index is 12.8. The number of aromatic nitrogens is 4. The van der Waals surface area contributed by atoms with Crippen LogP contribution in [0.4, 0.5) is 0 Å². The molecule has 1 fully saturated rings. The number of hydrogen-bond acceptors (Lipinski definition) is 3. The smallest absolute Gasteiger partial charge is 0.326 e. The number of fused-ring (bicyclic) bond motifs is 2. The summed E-state index contributed by atoms with van der Waals surface area (Å²) >= 11 is 6.36. The van der Waals surface area contributed by atoms with E-state index >= 15 is 0 Å². The van der Waals surface area contributed by atoms with Crippen molar-refractivity contribution in [2.75, 3.05) is 13.1 Å². The Balaban J connectivity index is 1.31. The molecule has 158 valence electrons. The van der Waals surface area contributed by atoms with Crippen molar-refractivity contribution >= 4 is 40.3 Å². The number of pyridine rings is 1. The summed E-state index contributed by atoms with van der Waals surface area (Å²) in [5.74, 6) is -0.0605. The van der Waals surface area contributed by atoms with Gasteiger partial charge in [0.05, 0.1) is 27.4 Å². The highest BCUT2D eigenvalue weighted by molar-refractivity contribution is 6.32. The molecule has 1 N–H and O–H groups in total. The van der Waals surface area contributed by atoms with Crippen LogP contribution in [0.5, 0.6) is 0 Å². The topological polar surface area (TPSA) is 75.4 Å². The lowest BCUT2D eigenvalue weighted by Crippen LogP contribution is -2.39. The molecule has 0 atom stereocenters. The SMILES string of the molecule is Cc1cn2c(/C=C/C(=O)N3CCC(n4c(=O)[nH]c5ccccc54)CC3)c(Cl)ccc2n1. The minimum absolute atomic E-state index is 0.0605. The summed E-state index contributed by atoms with van der Waals surface area (Å²) in [7, 11) is 0. The number of imidazole rings is 2. The predicted octanol–water partition coefficient (Wildman–Crippen LogP) is 3.82. The summed E-state index contributed by atoms with van der Waals surface area (Å²) in [6.45, 7) is 3.12. The van der Waals surface area contributed by atoms with Crippen LogP contribution >= 0.6 is 11.6 Å². The van der Waals surface area contributed by atoms with Gasteiger partial charge in [0.15, 0.2) is 0 Å². The molecule has 1 aliphatic heterocycles. The molecule has 1 aliphatic rings. The molecule has 5 rings (SSSR count). The summed E-state index contributed by atoms with van der Waals surface area (Å²) in [5.41, 5.74) is 4.07. The van der Waals surface area contributed by atoms with Crippen LogP contribution in [0.2, 0.25) is 5.02 Å². The van der Waals surface area contributed by atoms with Crippen molar-refractivity contribution in [3.63, 3.8) is 0 Å². The molecule has 8 heteroatoms. The summed E-state index contributed by atoms with van der Waals surface area (Å²) < 4.78 is 3.71. The minimum Gasteiger partial charge on any atom is -0.339 e. The van der Waals surface area contributed by atoms with E-state index in [2.05, 4.69) is 9.97 Å². The van der Waals surface area contributed by atoms with Gasteiger partial charge in [0.25, 0.3) is 0 Å². The molecule has 0 saturated carbocycles. The highest BCUT2D eigenvalue weighted by atomic mass is 35.5. The lowest BCUT2D eigenvalue weighted by atomic mass is 10.0. The first kappa shape index (κ1) is 19.6. The molecule has 0 bridgehead atoms. The van der Waals surface area contributed by atoms with Crippen molar-refractivity contribution in [3.8, 4) is 0 Å². The Bertz CT molecular complexity index is 1370. The number of H-pyrrole nitrogens is 1. The first-order chi connectivity index (χ1) is 15.0. The number of aryl methyl sites for hydroxylation is 1. The van der Waals surface area contributed by atoms with Crippen molar-refractivity contribution in [3.05, 3.63) is 75.6 Å². The number of nitrogens with one attached hydrogen (secondary N) is 1. The number of rotatable bonds is 3. The summed E-state index contributed by atoms with van der Waals surface area (Å²) in [6.07, 6.45) is 6.68. The second kappa shape index (κ2) is 7.74. The van der Waals surface area contributed by atoms with Gasteiger partial charge in [-0.15, -0.1) is 0 Å². The molecular formula is C23H22ClN5O2. The number of likely N-dealkylation sites (tertiary alicyclic amines) is 1. The monoisotopic (exact) mass is 435 g/mol. The van der Waals surface area contributed by atoms with Crippen LogP contribution < -0.4 is 5.69 Å². The number of piperidine rings is 1. The minimum atomic E-state index is -0.0933. The van der Waals surface area contributed by atoms with E-state index in [-0.39, 0.29) is 17.6 Å². The standard InChI is InChI=1S/C23H22ClN5O2/c1-15-14-28-19(17(24)6-8-21(28)25-15)7-9-22(30)27-12-10-16(11-13-27)29-20-5-3-2-4-18(20)26-23(29)31/h2-9,14,16H,10-13H2,1H3,(H,26,31)/b9-7+. The highest BCUT2D eigenvalue weighted by Gasteiger charge is 2.25. The second-order valence-corrected chi connectivity index (χ2v) is 8.29. The van der Waals surface area contributed by atoms with Gasteiger partial charge in [0.2, 0.25) is 5.91 Å². The number of nitrogens with zero attached hydrogens (tertiary/aromatic N) is 4. The third kappa shape index (κ3) is 3.55. The average Bonchev–Trinajstić information content (AvgIpc) is 3.31. The van der Waals surface area contributed by atoms with Crippen molar-refractivity contribution in [2.24, 2.45) is 0 Å². The molecule has 0 unspecified atom stereocenters. The normalized spacial score (nSPS) is 15.5. The van der Waals surface area contributed by atoms with E-state index in [9.17, 15) is 9.59 Å². The third-order valence-corrected chi connectivity index (χ3v) is 6.21. The first-order valence-corrected chi connectivity index (χ1v) is 10.7. The molecule has 0 aliphatic carbocycles. The van der Waals surface area contributed by atoms with E-state index in [1.807, 2.05) is 57.3 Å². The first-order valence-electron chi connectivity index (χ1n) is 10.3. The molecule has 31 heavy (non-hydrogen) atoms. The molecule has 0 radical (unpaired) electrons. The maximum atomic E-state index is 12.8. The summed E-state index contributed by atoms with van der Waals surface area (Å²) in [4.78, 5) is 34.4. The van der Waals surface area contributed by atoms with Crippen LogP contribution in [0.25, 0.3) is 22.8 Å². The summed E-state index contributed by atoms with van der Waals surface area (Å²) in [5, 5.41) is 0.561. The van der Waals surface area contributed by atoms with Gasteiger partial charge in [-0.2, -0.15) is 0 Å². The Hall–Kier alpha value is -3.32. The van der Waals surface area contributed by atoms with Crippen molar-refractivity contribution in [2.45, 2.75) is 25.8 Å². The number of hydrogen-bond donors (Lipinski definition) is 1. The average molecular weight is 436 g/mol. The van der Waals surface area contributed by atoms with Crippen molar-refractivity contribution < 1.29 is 4.79 Å². The summed E-state index contributed by atoms with van der Waals surface area (Å²) in [6, 6.07) is 11.4. The molecule has 7 nitrogen and oxygen atoms in total. The molecule has 1 amide bonds. The van der Waals surface area contributed by atoms with E-state index in [4.69, 9.17) is 11.6 Å². The predicted molar refractivity (Wildman–Crippen MR) is 121 cm³/mol. The van der Waals surface area contributed by atoms with Crippen molar-refractivity contribution in [1.82, 2.24) is 23.8 Å². The van der Waals surface area contributed by atoms with E-state index in [0.29, 0.717) is 18.1 Å². The fraction of sp³-hybridized carbons (Fsp3) is 0.261. The fourth-order valence-electron chi connectivity index (χ4n) is 4.37. The fourth-order valence-corrected chi connectivity index (χ4v) is 4.59. The van der Waals surface area contributed by atoms with Gasteiger partial charge < -0.3 is 9.88 Å². The number of carbonyl (C=O) groups excluding carboxylic acids is 1. The maximum Gasteiger partial charge on any atom is 0.326 e. The van der Waals surface area contributed by atoms with Gasteiger partial charge >= 0.3 is 5.69 Å². The Kier molecular flexibility index (Phi) is 4.90. The van der Waals surface area contributed by atoms with E-state index in [1.54, 1.807) is 18.2 Å². The van der Waals surface area contributed by atoms with Gasteiger partial charge in [0.1, 0.15) is 5.65 Å². The van der Waals surface area contributed by atoms with Crippen LogP contribution in [0, 0.1) is 6.92 Å². The van der Waals surface area contributed by atoms with Crippen LogP contribution in [0.3, 0.4) is 0 Å². The zero-order chi connectivity index (χ0) is 21.5. The number of benzene rings is 1. The van der Waals surface area contributed by atoms with Crippen LogP contribution in [-0.4, -0.2) is 42.8 Å². The zero-order valence-electron chi connectivity index (χ0n) is 17.1. The lowest BCUT2D eigenvalue weighted by molar-refractivity contribution is -0.127. The van der Waals surface area contributed by atoms with Gasteiger partial charge in [-0.25, -0.2) is 9.78 Å². The van der Waals surface area contributed by atoms with Gasteiger partial charge in [-0.1, -0.05) is 23.7 Å². The van der Waals surface area contributed by atoms with Gasteiger partial charge in [-0.3, -0.25) is 13.8 Å². The van der Waals surface area contributed by atoms with Crippen LogP contribution in [0.1, 0.15) is 30.3 Å². The number of para-hydroxylation sites is 2. The number of carbonyl (C=O) groups is 1. The third-order valence-electron chi connectivity index (χ3n) is 5.89. The molecule has 0 spiro atoms. The van der Waals surface area contributed by atoms with E-state index in [1.165, 1.54) is 0 Å². The highest BCUT2D eigenvalue weighted by Crippen LogP contribution is 2.25. The Morgan fingerprint density at radius 2 is 1.97 bits per heavy atom. The van der Waals surface area contributed by atoms with Gasteiger partial charge in [0, 0.05) is 31.4 Å². The molecule has 1 saturated heterocycles. The number of amides is 1. The molecular weight excluding hydrogens is 414 g/mol. The second-order valence-electron chi connectivity index (χ2n) is 7.88. The Labute approximate surface area is 183 Å². The Morgan fingerprint density at radius 3 is 2.77 bits per heavy atom.